The van der Waals surface area contributed by atoms with Gasteiger partial charge < -0.3 is 20.5 Å². The van der Waals surface area contributed by atoms with Crippen molar-refractivity contribution >= 4 is 23.2 Å². The minimum Gasteiger partial charge on any atom is -0.354 e. The molecule has 0 radical (unpaired) electrons. The first kappa shape index (κ1) is 27.2. The summed E-state index contributed by atoms with van der Waals surface area (Å²) in [6.07, 6.45) is 5.53. The van der Waals surface area contributed by atoms with E-state index >= 15 is 4.39 Å². The lowest BCUT2D eigenvalue weighted by Gasteiger charge is -2.33. The van der Waals surface area contributed by atoms with Gasteiger partial charge in [-0.05, 0) is 79.2 Å². The van der Waals surface area contributed by atoms with Gasteiger partial charge in [-0.3, -0.25) is 0 Å². The Kier molecular flexibility index (Phi) is 7.41. The number of imidazole rings is 1. The van der Waals surface area contributed by atoms with Crippen molar-refractivity contribution in [2.45, 2.75) is 38.3 Å². The van der Waals surface area contributed by atoms with Crippen LogP contribution in [0.5, 0.6) is 0 Å². The molecule has 3 N–H and O–H groups in total. The molecule has 2 aliphatic rings. The highest BCUT2D eigenvalue weighted by Gasteiger charge is 2.36. The predicted octanol–water partition coefficient (Wildman–Crippen LogP) is 7.94. The molecule has 1 unspecified atom stereocenters. The van der Waals surface area contributed by atoms with Crippen molar-refractivity contribution < 1.29 is 8.78 Å². The van der Waals surface area contributed by atoms with Crippen LogP contribution in [0.1, 0.15) is 52.6 Å². The fraction of sp³-hybridized carbons (Fsp3) is 0.242. The van der Waals surface area contributed by atoms with Gasteiger partial charge in [0.2, 0.25) is 5.95 Å². The van der Waals surface area contributed by atoms with Gasteiger partial charge >= 0.3 is 0 Å². The van der Waals surface area contributed by atoms with E-state index in [0.29, 0.717) is 50.5 Å². The SMILES string of the molecule is C=C(Nc1ncc[nH]1)C(c1cc(F)ccc1C)N1Cc2c(F)cc(-c3ccc(C4CCNCC4)cc3)c(Cl)c2C1=C. The lowest BCUT2D eigenvalue weighted by Crippen LogP contribution is -2.27. The zero-order valence-corrected chi connectivity index (χ0v) is 23.7. The summed E-state index contributed by atoms with van der Waals surface area (Å²) in [5.41, 5.74) is 6.42. The molecular formula is C33H32ClF2N5. The quantitative estimate of drug-likeness (QED) is 0.211. The predicted molar refractivity (Wildman–Crippen MR) is 161 cm³/mol. The largest absolute Gasteiger partial charge is 0.354 e. The molecule has 3 heterocycles. The van der Waals surface area contributed by atoms with E-state index in [0.717, 1.165) is 37.1 Å². The second-order valence-electron chi connectivity index (χ2n) is 10.8. The maximum Gasteiger partial charge on any atom is 0.204 e. The molecule has 1 saturated heterocycles. The third-order valence-electron chi connectivity index (χ3n) is 8.27. The Morgan fingerprint density at radius 3 is 2.59 bits per heavy atom. The van der Waals surface area contributed by atoms with Gasteiger partial charge in [-0.25, -0.2) is 13.8 Å². The maximum absolute atomic E-state index is 15.8. The van der Waals surface area contributed by atoms with E-state index in [9.17, 15) is 4.39 Å². The summed E-state index contributed by atoms with van der Waals surface area (Å²) in [4.78, 5) is 9.17. The van der Waals surface area contributed by atoms with Crippen molar-refractivity contribution in [3.8, 4) is 11.1 Å². The molecule has 41 heavy (non-hydrogen) atoms. The number of fused-ring (bicyclic) bond motifs is 1. The highest BCUT2D eigenvalue weighted by Crippen LogP contribution is 2.48. The van der Waals surface area contributed by atoms with Crippen LogP contribution >= 0.6 is 11.6 Å². The van der Waals surface area contributed by atoms with Crippen LogP contribution in [0.25, 0.3) is 16.8 Å². The van der Waals surface area contributed by atoms with Crippen LogP contribution in [0.2, 0.25) is 5.02 Å². The minimum atomic E-state index is -0.570. The average Bonchev–Trinajstić information content (AvgIpc) is 3.61. The molecular weight excluding hydrogens is 540 g/mol. The van der Waals surface area contributed by atoms with Crippen molar-refractivity contribution in [1.82, 2.24) is 20.2 Å². The third kappa shape index (κ3) is 5.16. The second kappa shape index (κ2) is 11.1. The Morgan fingerprint density at radius 2 is 1.88 bits per heavy atom. The van der Waals surface area contributed by atoms with Gasteiger partial charge in [0, 0.05) is 47.0 Å². The topological polar surface area (TPSA) is 56.0 Å². The molecule has 1 fully saturated rings. The van der Waals surface area contributed by atoms with E-state index in [1.54, 1.807) is 18.5 Å². The van der Waals surface area contributed by atoms with Crippen molar-refractivity contribution in [2.24, 2.45) is 0 Å². The number of H-pyrrole nitrogens is 1. The van der Waals surface area contributed by atoms with Crippen molar-refractivity contribution in [3.05, 3.63) is 124 Å². The van der Waals surface area contributed by atoms with Gasteiger partial charge in [-0.1, -0.05) is 55.1 Å². The number of aryl methyl sites for hydroxylation is 1. The number of hydrogen-bond donors (Lipinski definition) is 3. The fourth-order valence-electron chi connectivity index (χ4n) is 6.08. The van der Waals surface area contributed by atoms with Gasteiger partial charge in [0.1, 0.15) is 11.6 Å². The first-order chi connectivity index (χ1) is 19.8. The summed E-state index contributed by atoms with van der Waals surface area (Å²) in [6.45, 7) is 12.8. The number of aromatic nitrogens is 2. The summed E-state index contributed by atoms with van der Waals surface area (Å²) in [6, 6.07) is 13.9. The third-order valence-corrected chi connectivity index (χ3v) is 8.66. The van der Waals surface area contributed by atoms with E-state index in [2.05, 4.69) is 45.9 Å². The maximum atomic E-state index is 15.8. The Bertz CT molecular complexity index is 1610. The highest BCUT2D eigenvalue weighted by atomic mass is 35.5. The number of benzene rings is 3. The lowest BCUT2D eigenvalue weighted by atomic mass is 9.89. The normalized spacial score (nSPS) is 16.1. The van der Waals surface area contributed by atoms with E-state index in [4.69, 9.17) is 11.6 Å². The fourth-order valence-corrected chi connectivity index (χ4v) is 6.47. The molecule has 3 aromatic carbocycles. The molecule has 1 aromatic heterocycles. The van der Waals surface area contributed by atoms with Gasteiger partial charge in [-0.15, -0.1) is 0 Å². The lowest BCUT2D eigenvalue weighted by molar-refractivity contribution is 0.337. The molecule has 0 spiro atoms. The second-order valence-corrected chi connectivity index (χ2v) is 11.2. The average molecular weight is 572 g/mol. The molecule has 6 rings (SSSR count). The molecule has 1 atom stereocenters. The summed E-state index contributed by atoms with van der Waals surface area (Å²) in [7, 11) is 0. The van der Waals surface area contributed by atoms with Gasteiger partial charge in [0.15, 0.2) is 0 Å². The molecule has 0 amide bonds. The minimum absolute atomic E-state index is 0.203. The van der Waals surface area contributed by atoms with E-state index < -0.39 is 6.04 Å². The van der Waals surface area contributed by atoms with E-state index in [-0.39, 0.29) is 18.2 Å². The summed E-state index contributed by atoms with van der Waals surface area (Å²) >= 11 is 7.04. The number of hydrogen-bond acceptors (Lipinski definition) is 4. The Morgan fingerprint density at radius 1 is 1.12 bits per heavy atom. The summed E-state index contributed by atoms with van der Waals surface area (Å²) < 4.78 is 30.3. The molecule has 2 aliphatic heterocycles. The smallest absolute Gasteiger partial charge is 0.204 e. The monoisotopic (exact) mass is 571 g/mol. The number of aromatic amines is 1. The van der Waals surface area contributed by atoms with Crippen molar-refractivity contribution in [3.63, 3.8) is 0 Å². The van der Waals surface area contributed by atoms with Gasteiger partial charge in [-0.2, -0.15) is 0 Å². The Balaban J connectivity index is 1.36. The summed E-state index contributed by atoms with van der Waals surface area (Å²) in [5.74, 6) is 0.292. The van der Waals surface area contributed by atoms with E-state index in [1.807, 2.05) is 24.0 Å². The Hall–Kier alpha value is -3.94. The first-order valence-electron chi connectivity index (χ1n) is 13.8. The Labute approximate surface area is 244 Å². The molecule has 0 bridgehead atoms. The van der Waals surface area contributed by atoms with Crippen LogP contribution in [-0.2, 0) is 6.54 Å². The first-order valence-corrected chi connectivity index (χ1v) is 14.2. The van der Waals surface area contributed by atoms with Crippen molar-refractivity contribution in [1.29, 1.82) is 0 Å². The zero-order chi connectivity index (χ0) is 28.7. The van der Waals surface area contributed by atoms with Crippen LogP contribution in [0.4, 0.5) is 14.7 Å². The number of nitrogens with zero attached hydrogens (tertiary/aromatic N) is 2. The van der Waals surface area contributed by atoms with Gasteiger partial charge in [0.05, 0.1) is 11.1 Å². The van der Waals surface area contributed by atoms with Crippen LogP contribution < -0.4 is 10.6 Å². The zero-order valence-electron chi connectivity index (χ0n) is 22.9. The van der Waals surface area contributed by atoms with Gasteiger partial charge in [0.25, 0.3) is 0 Å². The van der Waals surface area contributed by atoms with Crippen molar-refractivity contribution in [2.75, 3.05) is 18.4 Å². The number of rotatable bonds is 7. The highest BCUT2D eigenvalue weighted by molar-refractivity contribution is 6.35. The number of halogens is 3. The number of piperidine rings is 1. The number of anilines is 1. The molecule has 210 valence electrons. The number of nitrogens with one attached hydrogen (secondary N) is 3. The van der Waals surface area contributed by atoms with Crippen LogP contribution in [0.15, 0.2) is 79.8 Å². The van der Waals surface area contributed by atoms with Crippen LogP contribution in [0.3, 0.4) is 0 Å². The molecule has 0 aliphatic carbocycles. The summed E-state index contributed by atoms with van der Waals surface area (Å²) in [5, 5.41) is 7.04. The van der Waals surface area contributed by atoms with Crippen LogP contribution in [-0.4, -0.2) is 28.0 Å². The molecule has 8 heteroatoms. The molecule has 5 nitrogen and oxygen atoms in total. The van der Waals surface area contributed by atoms with E-state index in [1.165, 1.54) is 23.8 Å². The molecule has 0 saturated carbocycles. The molecule has 4 aromatic rings. The standard InChI is InChI=1S/C33H32ClF2N5/c1-19-4-9-25(35)16-26(19)32(20(2)40-33-38-14-15-39-33)41-18-28-29(36)17-27(31(34)30(28)21(41)3)24-7-5-22(6-8-24)23-10-12-37-13-11-23/h4-9,14-17,23,32,37H,2-3,10-13,18H2,1H3,(H2,38,39,40). The van der Waals surface area contributed by atoms with Crippen LogP contribution in [0, 0.1) is 18.6 Å².